The van der Waals surface area contributed by atoms with Gasteiger partial charge in [0.25, 0.3) is 0 Å². The van der Waals surface area contributed by atoms with Gasteiger partial charge in [0.2, 0.25) is 11.8 Å². The van der Waals surface area contributed by atoms with Crippen molar-refractivity contribution >= 4 is 28.5 Å². The number of aromatic nitrogens is 2. The molecule has 1 aliphatic carbocycles. The predicted molar refractivity (Wildman–Crippen MR) is 118 cm³/mol. The first-order valence-electron chi connectivity index (χ1n) is 10.8. The van der Waals surface area contributed by atoms with Gasteiger partial charge >= 0.3 is 6.18 Å². The first kappa shape index (κ1) is 22.8. The lowest BCUT2D eigenvalue weighted by molar-refractivity contribution is -0.137. The Labute approximate surface area is 189 Å². The van der Waals surface area contributed by atoms with E-state index in [2.05, 4.69) is 20.6 Å². The summed E-state index contributed by atoms with van der Waals surface area (Å²) in [5.41, 5.74) is 0.911. The average Bonchev–Trinajstić information content (AvgIpc) is 3.44. The van der Waals surface area contributed by atoms with Crippen molar-refractivity contribution in [3.8, 4) is 0 Å². The number of alkyl halides is 3. The number of carbonyl (C=O) groups is 2. The summed E-state index contributed by atoms with van der Waals surface area (Å²) >= 11 is 0. The van der Waals surface area contributed by atoms with Crippen LogP contribution in [0.25, 0.3) is 11.0 Å². The number of benzene rings is 2. The van der Waals surface area contributed by atoms with Crippen LogP contribution in [0.4, 0.5) is 18.9 Å². The number of aromatic amines is 1. The van der Waals surface area contributed by atoms with Gasteiger partial charge in [-0.1, -0.05) is 32.0 Å². The molecule has 174 valence electrons. The monoisotopic (exact) mass is 458 g/mol. The minimum atomic E-state index is -4.51. The molecule has 4 rings (SSSR count). The molecular formula is C24H25F3N4O2. The molecule has 2 aromatic carbocycles. The Bertz CT molecular complexity index is 1140. The highest BCUT2D eigenvalue weighted by Gasteiger charge is 2.46. The fourth-order valence-corrected chi connectivity index (χ4v) is 3.92. The summed E-state index contributed by atoms with van der Waals surface area (Å²) in [6.45, 7) is 3.82. The van der Waals surface area contributed by atoms with E-state index in [9.17, 15) is 22.8 Å². The molecule has 0 aliphatic heterocycles. The zero-order valence-electron chi connectivity index (χ0n) is 18.2. The molecule has 1 heterocycles. The van der Waals surface area contributed by atoms with E-state index in [1.165, 1.54) is 12.1 Å². The van der Waals surface area contributed by atoms with E-state index in [1.807, 2.05) is 38.1 Å². The smallest absolute Gasteiger partial charge is 0.344 e. The summed E-state index contributed by atoms with van der Waals surface area (Å²) in [6, 6.07) is 11.2. The molecule has 9 heteroatoms. The first-order chi connectivity index (χ1) is 15.6. The summed E-state index contributed by atoms with van der Waals surface area (Å²) in [6.07, 6.45) is -3.53. The number of carbonyl (C=O) groups excluding carboxylic acids is 2. The molecule has 0 bridgehead atoms. The van der Waals surface area contributed by atoms with E-state index < -0.39 is 23.7 Å². The standard InChI is InChI=1S/C24H25F3N4O2/c1-13(2)10-20(23(33)28-15-7-5-6-14(11-15)24(25,26)27)31-22(32)17-12-16(17)21-29-18-8-3-4-9-19(18)30-21/h3-9,11,13,16-17,20H,10,12H2,1-2H3,(H,28,33)(H,29,30)(H,31,32)/t16-,17?,20+/m0/s1. The fourth-order valence-electron chi connectivity index (χ4n) is 3.92. The van der Waals surface area contributed by atoms with Crippen molar-refractivity contribution in [1.29, 1.82) is 0 Å². The third kappa shape index (κ3) is 5.35. The molecule has 1 unspecified atom stereocenters. The zero-order chi connectivity index (χ0) is 23.8. The molecule has 3 N–H and O–H groups in total. The maximum absolute atomic E-state index is 13.0. The predicted octanol–water partition coefficient (Wildman–Crippen LogP) is 4.85. The molecule has 1 aromatic heterocycles. The molecule has 0 spiro atoms. The van der Waals surface area contributed by atoms with Crippen LogP contribution in [0.15, 0.2) is 48.5 Å². The Kier molecular flexibility index (Phi) is 6.14. The number of H-pyrrole nitrogens is 1. The number of fused-ring (bicyclic) bond motifs is 1. The van der Waals surface area contributed by atoms with Crippen LogP contribution in [0, 0.1) is 11.8 Å². The van der Waals surface area contributed by atoms with Gasteiger partial charge < -0.3 is 15.6 Å². The lowest BCUT2D eigenvalue weighted by Crippen LogP contribution is -2.45. The van der Waals surface area contributed by atoms with E-state index in [0.29, 0.717) is 12.8 Å². The van der Waals surface area contributed by atoms with E-state index in [1.54, 1.807) is 0 Å². The number of hydrogen-bond donors (Lipinski definition) is 3. The number of imidazole rings is 1. The van der Waals surface area contributed by atoms with Crippen LogP contribution >= 0.6 is 0 Å². The summed E-state index contributed by atoms with van der Waals surface area (Å²) in [5, 5.41) is 5.31. The highest BCUT2D eigenvalue weighted by atomic mass is 19.4. The summed E-state index contributed by atoms with van der Waals surface area (Å²) in [5.74, 6) is -0.328. The minimum absolute atomic E-state index is 0.0319. The molecule has 0 saturated heterocycles. The second-order valence-corrected chi connectivity index (χ2v) is 8.85. The average molecular weight is 458 g/mol. The Morgan fingerprint density at radius 2 is 1.91 bits per heavy atom. The number of nitrogens with zero attached hydrogens (tertiary/aromatic N) is 1. The van der Waals surface area contributed by atoms with Gasteiger partial charge in [-0.05, 0) is 49.1 Å². The summed E-state index contributed by atoms with van der Waals surface area (Å²) in [7, 11) is 0. The van der Waals surface area contributed by atoms with Crippen LogP contribution in [-0.4, -0.2) is 27.8 Å². The van der Waals surface area contributed by atoms with E-state index in [4.69, 9.17) is 0 Å². The van der Waals surface area contributed by atoms with Gasteiger partial charge in [-0.25, -0.2) is 4.98 Å². The molecule has 1 saturated carbocycles. The van der Waals surface area contributed by atoms with Crippen LogP contribution in [0.5, 0.6) is 0 Å². The van der Waals surface area contributed by atoms with Gasteiger partial charge in [0.05, 0.1) is 16.6 Å². The van der Waals surface area contributed by atoms with Crippen LogP contribution in [0.1, 0.15) is 44.0 Å². The number of para-hydroxylation sites is 2. The van der Waals surface area contributed by atoms with Gasteiger partial charge in [-0.15, -0.1) is 0 Å². The zero-order valence-corrected chi connectivity index (χ0v) is 18.2. The van der Waals surface area contributed by atoms with Gasteiger partial charge in [-0.3, -0.25) is 9.59 Å². The Morgan fingerprint density at radius 1 is 1.15 bits per heavy atom. The van der Waals surface area contributed by atoms with Crippen LogP contribution < -0.4 is 10.6 Å². The van der Waals surface area contributed by atoms with Crippen LogP contribution in [-0.2, 0) is 15.8 Å². The number of amides is 2. The highest BCUT2D eigenvalue weighted by molar-refractivity contribution is 5.98. The van der Waals surface area contributed by atoms with Gasteiger partial charge in [0.15, 0.2) is 0 Å². The molecular weight excluding hydrogens is 433 g/mol. The molecule has 33 heavy (non-hydrogen) atoms. The van der Waals surface area contributed by atoms with Crippen molar-refractivity contribution in [1.82, 2.24) is 15.3 Å². The SMILES string of the molecule is CC(C)C[C@@H](NC(=O)C1C[C@@H]1c1nc2ccccc2[nH]1)C(=O)Nc1cccc(C(F)(F)F)c1. The number of hydrogen-bond acceptors (Lipinski definition) is 3. The third-order valence-corrected chi connectivity index (χ3v) is 5.68. The number of halogens is 3. The van der Waals surface area contributed by atoms with Gasteiger partial charge in [0, 0.05) is 17.5 Å². The normalized spacial score (nSPS) is 18.8. The van der Waals surface area contributed by atoms with Crippen molar-refractivity contribution in [3.63, 3.8) is 0 Å². The quantitative estimate of drug-likeness (QED) is 0.473. The highest BCUT2D eigenvalue weighted by Crippen LogP contribution is 2.46. The number of nitrogens with one attached hydrogen (secondary N) is 3. The summed E-state index contributed by atoms with van der Waals surface area (Å²) in [4.78, 5) is 33.5. The van der Waals surface area contributed by atoms with Crippen LogP contribution in [0.3, 0.4) is 0 Å². The Balaban J connectivity index is 1.42. The largest absolute Gasteiger partial charge is 0.416 e. The molecule has 3 atom stereocenters. The fraction of sp³-hybridized carbons (Fsp3) is 0.375. The van der Waals surface area contributed by atoms with Crippen molar-refractivity contribution < 1.29 is 22.8 Å². The van der Waals surface area contributed by atoms with Gasteiger partial charge in [0.1, 0.15) is 11.9 Å². The minimum Gasteiger partial charge on any atom is -0.344 e. The van der Waals surface area contributed by atoms with Crippen LogP contribution in [0.2, 0.25) is 0 Å². The Morgan fingerprint density at radius 3 is 2.61 bits per heavy atom. The summed E-state index contributed by atoms with van der Waals surface area (Å²) < 4.78 is 38.9. The van der Waals surface area contributed by atoms with Crippen molar-refractivity contribution in [2.45, 2.75) is 44.8 Å². The molecule has 6 nitrogen and oxygen atoms in total. The maximum Gasteiger partial charge on any atom is 0.416 e. The third-order valence-electron chi connectivity index (χ3n) is 5.68. The van der Waals surface area contributed by atoms with E-state index in [-0.39, 0.29) is 29.3 Å². The molecule has 0 radical (unpaired) electrons. The van der Waals surface area contributed by atoms with Crippen molar-refractivity contribution in [2.75, 3.05) is 5.32 Å². The lowest BCUT2D eigenvalue weighted by atomic mass is 10.0. The number of rotatable bonds is 7. The molecule has 3 aromatic rings. The van der Waals surface area contributed by atoms with E-state index in [0.717, 1.165) is 29.0 Å². The topological polar surface area (TPSA) is 86.9 Å². The second kappa shape index (κ2) is 8.88. The van der Waals surface area contributed by atoms with Crippen molar-refractivity contribution in [2.24, 2.45) is 11.8 Å². The maximum atomic E-state index is 13.0. The molecule has 1 fully saturated rings. The second-order valence-electron chi connectivity index (χ2n) is 8.85. The van der Waals surface area contributed by atoms with Gasteiger partial charge in [-0.2, -0.15) is 13.2 Å². The molecule has 2 amide bonds. The number of anilines is 1. The Hall–Kier alpha value is -3.36. The molecule has 1 aliphatic rings. The van der Waals surface area contributed by atoms with Crippen molar-refractivity contribution in [3.05, 3.63) is 59.9 Å². The van der Waals surface area contributed by atoms with E-state index >= 15 is 0 Å². The lowest BCUT2D eigenvalue weighted by Gasteiger charge is -2.20. The first-order valence-corrected chi connectivity index (χ1v) is 10.8.